The van der Waals surface area contributed by atoms with Crippen molar-refractivity contribution in [2.24, 2.45) is 9.98 Å². The summed E-state index contributed by atoms with van der Waals surface area (Å²) in [4.78, 5) is 14.5. The minimum atomic E-state index is -0.0620. The molecule has 1 aromatic heterocycles. The van der Waals surface area contributed by atoms with E-state index in [2.05, 4.69) is 36.1 Å². The molecule has 0 unspecified atom stereocenters. The molecule has 0 N–H and O–H groups in total. The monoisotopic (exact) mass is 469 g/mol. The quantitative estimate of drug-likeness (QED) is 0.370. The van der Waals surface area contributed by atoms with Crippen molar-refractivity contribution in [1.29, 1.82) is 0 Å². The Morgan fingerprint density at radius 3 is 1.50 bits per heavy atom. The Hall–Kier alpha value is -4.69. The number of benzene rings is 3. The summed E-state index contributed by atoms with van der Waals surface area (Å²) >= 11 is 0. The van der Waals surface area contributed by atoms with Gasteiger partial charge in [0.05, 0.1) is 0 Å². The largest absolute Gasteiger partial charge is 0.474 e. The Bertz CT molecular complexity index is 1400. The zero-order chi connectivity index (χ0) is 24.2. The zero-order valence-electron chi connectivity index (χ0n) is 19.5. The molecule has 4 aromatic rings. The number of aliphatic imine (C=N–C) groups is 2. The summed E-state index contributed by atoms with van der Waals surface area (Å²) < 4.78 is 12.0. The van der Waals surface area contributed by atoms with Gasteiger partial charge in [0, 0.05) is 11.1 Å². The Labute approximate surface area is 210 Å². The first-order valence-electron chi connectivity index (χ1n) is 11.9. The van der Waals surface area contributed by atoms with E-state index in [9.17, 15) is 0 Å². The van der Waals surface area contributed by atoms with Crippen LogP contribution in [0, 0.1) is 11.8 Å². The van der Waals surface area contributed by atoms with E-state index >= 15 is 0 Å². The summed E-state index contributed by atoms with van der Waals surface area (Å²) in [6, 6.07) is 33.9. The zero-order valence-corrected chi connectivity index (χ0v) is 19.5. The van der Waals surface area contributed by atoms with E-state index < -0.39 is 0 Å². The number of rotatable bonds is 4. The molecule has 174 valence electrons. The molecule has 0 amide bonds. The van der Waals surface area contributed by atoms with Crippen LogP contribution in [0.4, 0.5) is 0 Å². The van der Waals surface area contributed by atoms with Crippen LogP contribution in [0.5, 0.6) is 0 Å². The van der Waals surface area contributed by atoms with Crippen molar-refractivity contribution in [1.82, 2.24) is 4.98 Å². The lowest BCUT2D eigenvalue weighted by Crippen LogP contribution is -2.11. The van der Waals surface area contributed by atoms with E-state index in [0.29, 0.717) is 36.4 Å². The van der Waals surface area contributed by atoms with Crippen LogP contribution in [0.15, 0.2) is 113 Å². The Morgan fingerprint density at radius 2 is 1.00 bits per heavy atom. The molecule has 2 aliphatic heterocycles. The molecule has 0 aliphatic carbocycles. The van der Waals surface area contributed by atoms with Crippen molar-refractivity contribution in [2.75, 3.05) is 13.2 Å². The van der Waals surface area contributed by atoms with Crippen LogP contribution in [0.2, 0.25) is 0 Å². The summed E-state index contributed by atoms with van der Waals surface area (Å²) in [5, 5.41) is 0. The second kappa shape index (κ2) is 9.89. The third-order valence-corrected chi connectivity index (χ3v) is 6.06. The third-order valence-electron chi connectivity index (χ3n) is 6.06. The van der Waals surface area contributed by atoms with Gasteiger partial charge in [-0.15, -0.1) is 0 Å². The number of pyridine rings is 1. The minimum absolute atomic E-state index is 0.0620. The minimum Gasteiger partial charge on any atom is -0.474 e. The van der Waals surface area contributed by atoms with E-state index in [1.165, 1.54) is 0 Å². The number of aromatic nitrogens is 1. The van der Waals surface area contributed by atoms with Crippen molar-refractivity contribution in [3.05, 3.63) is 137 Å². The van der Waals surface area contributed by atoms with E-state index in [-0.39, 0.29) is 12.1 Å². The third kappa shape index (κ3) is 4.75. The van der Waals surface area contributed by atoms with Gasteiger partial charge in [-0.2, -0.15) is 0 Å². The van der Waals surface area contributed by atoms with Gasteiger partial charge in [-0.1, -0.05) is 90.7 Å². The van der Waals surface area contributed by atoms with Gasteiger partial charge in [0.25, 0.3) is 0 Å². The van der Waals surface area contributed by atoms with Crippen LogP contribution in [-0.2, 0) is 9.47 Å². The molecule has 3 aromatic carbocycles. The summed E-state index contributed by atoms with van der Waals surface area (Å²) in [7, 11) is 0. The highest BCUT2D eigenvalue weighted by atomic mass is 16.5. The van der Waals surface area contributed by atoms with E-state index in [4.69, 9.17) is 24.4 Å². The number of nitrogens with zero attached hydrogens (tertiary/aromatic N) is 3. The second-order valence-corrected chi connectivity index (χ2v) is 8.59. The molecule has 0 spiro atoms. The fraction of sp³-hybridized carbons (Fsp3) is 0.129. The van der Waals surface area contributed by atoms with Crippen LogP contribution in [-0.4, -0.2) is 30.0 Å². The van der Waals surface area contributed by atoms with Gasteiger partial charge in [0.15, 0.2) is 0 Å². The molecule has 0 saturated heterocycles. The Kier molecular flexibility index (Phi) is 5.99. The second-order valence-electron chi connectivity index (χ2n) is 8.59. The van der Waals surface area contributed by atoms with Crippen molar-refractivity contribution >= 4 is 11.8 Å². The van der Waals surface area contributed by atoms with Gasteiger partial charge in [0.2, 0.25) is 11.8 Å². The Morgan fingerprint density at radius 1 is 0.556 bits per heavy atom. The summed E-state index contributed by atoms with van der Waals surface area (Å²) in [5.74, 6) is 7.50. The molecule has 3 heterocycles. The maximum Gasteiger partial charge on any atom is 0.236 e. The van der Waals surface area contributed by atoms with Gasteiger partial charge in [-0.05, 0) is 35.4 Å². The molecule has 6 rings (SSSR count). The Balaban J connectivity index is 1.37. The number of hydrogen-bond donors (Lipinski definition) is 0. The van der Waals surface area contributed by atoms with E-state index in [1.807, 2.05) is 78.9 Å². The maximum absolute atomic E-state index is 5.99. The molecule has 2 atom stereocenters. The smallest absolute Gasteiger partial charge is 0.236 e. The summed E-state index contributed by atoms with van der Waals surface area (Å²) in [6.07, 6.45) is 0. The summed E-state index contributed by atoms with van der Waals surface area (Å²) in [5.41, 5.74) is 5.21. The van der Waals surface area contributed by atoms with Crippen LogP contribution < -0.4 is 0 Å². The first-order valence-corrected chi connectivity index (χ1v) is 11.9. The van der Waals surface area contributed by atoms with Crippen LogP contribution in [0.3, 0.4) is 0 Å². The van der Waals surface area contributed by atoms with Gasteiger partial charge in [-0.25, -0.2) is 15.0 Å². The molecule has 5 nitrogen and oxygen atoms in total. The molecule has 2 aliphatic rings. The molecular weight excluding hydrogens is 446 g/mol. The molecule has 0 bridgehead atoms. The average Bonchev–Trinajstić information content (AvgIpc) is 3.65. The predicted molar refractivity (Wildman–Crippen MR) is 140 cm³/mol. The fourth-order valence-corrected chi connectivity index (χ4v) is 4.21. The first kappa shape index (κ1) is 21.8. The SMILES string of the molecule is C(#Cc1cc(C2=N[C@H](c3ccccc3)CO2)nc(C2=N[C@@H](c3ccccc3)CO2)c1)c1ccccc1. The van der Waals surface area contributed by atoms with Crippen LogP contribution >= 0.6 is 0 Å². The topological polar surface area (TPSA) is 56.1 Å². The van der Waals surface area contributed by atoms with Crippen molar-refractivity contribution in [2.45, 2.75) is 12.1 Å². The van der Waals surface area contributed by atoms with Crippen LogP contribution in [0.1, 0.15) is 45.7 Å². The predicted octanol–water partition coefficient (Wildman–Crippen LogP) is 5.52. The highest BCUT2D eigenvalue weighted by Gasteiger charge is 2.26. The highest BCUT2D eigenvalue weighted by Crippen LogP contribution is 2.27. The fourth-order valence-electron chi connectivity index (χ4n) is 4.21. The number of ether oxygens (including phenoxy) is 2. The standard InChI is InChI=1S/C31H23N3O2/c1-4-10-22(11-5-1)16-17-23-18-26(30-33-28(20-35-30)24-12-6-2-7-13-24)32-27(19-23)31-34-29(21-36-31)25-14-8-3-9-15-25/h1-15,18-19,28-29H,20-21H2/t28-,29+. The summed E-state index contributed by atoms with van der Waals surface area (Å²) in [6.45, 7) is 0.952. The normalized spacial score (nSPS) is 18.3. The molecule has 0 saturated carbocycles. The lowest BCUT2D eigenvalue weighted by molar-refractivity contribution is 0.317. The van der Waals surface area contributed by atoms with Crippen molar-refractivity contribution < 1.29 is 9.47 Å². The molecule has 0 fully saturated rings. The lowest BCUT2D eigenvalue weighted by Gasteiger charge is -2.06. The van der Waals surface area contributed by atoms with Gasteiger partial charge < -0.3 is 9.47 Å². The highest BCUT2D eigenvalue weighted by molar-refractivity contribution is 5.98. The van der Waals surface area contributed by atoms with Gasteiger partial charge >= 0.3 is 0 Å². The maximum atomic E-state index is 5.99. The molecule has 36 heavy (non-hydrogen) atoms. The lowest BCUT2D eigenvalue weighted by atomic mass is 10.1. The first-order chi connectivity index (χ1) is 17.8. The van der Waals surface area contributed by atoms with Crippen LogP contribution in [0.25, 0.3) is 0 Å². The van der Waals surface area contributed by atoms with Gasteiger partial charge in [0.1, 0.15) is 36.7 Å². The average molecular weight is 470 g/mol. The van der Waals surface area contributed by atoms with Crippen molar-refractivity contribution in [3.63, 3.8) is 0 Å². The van der Waals surface area contributed by atoms with Gasteiger partial charge in [-0.3, -0.25) is 0 Å². The molecule has 5 heteroatoms. The number of hydrogen-bond acceptors (Lipinski definition) is 5. The molecule has 0 radical (unpaired) electrons. The van der Waals surface area contributed by atoms with E-state index in [0.717, 1.165) is 22.3 Å². The molecular formula is C31H23N3O2. The van der Waals surface area contributed by atoms with E-state index in [1.54, 1.807) is 0 Å². The van der Waals surface area contributed by atoms with Crippen molar-refractivity contribution in [3.8, 4) is 11.8 Å².